The summed E-state index contributed by atoms with van der Waals surface area (Å²) in [6.45, 7) is 1.57. The summed E-state index contributed by atoms with van der Waals surface area (Å²) in [7, 11) is 3.28. The van der Waals surface area contributed by atoms with E-state index < -0.39 is 4.92 Å². The van der Waals surface area contributed by atoms with E-state index in [1.54, 1.807) is 12.1 Å². The van der Waals surface area contributed by atoms with Crippen LogP contribution in [-0.2, 0) is 0 Å². The van der Waals surface area contributed by atoms with E-state index in [9.17, 15) is 10.1 Å². The molecule has 16 heavy (non-hydrogen) atoms. The van der Waals surface area contributed by atoms with E-state index in [-0.39, 0.29) is 11.4 Å². The molecule has 0 bridgehead atoms. The van der Waals surface area contributed by atoms with Gasteiger partial charge in [-0.25, -0.2) is 0 Å². The predicted octanol–water partition coefficient (Wildman–Crippen LogP) is 1.23. The molecule has 0 spiro atoms. The Morgan fingerprint density at radius 2 is 2.19 bits per heavy atom. The maximum absolute atomic E-state index is 10.6. The number of nitro benzene ring substituents is 1. The Labute approximate surface area is 93.8 Å². The third-order valence-electron chi connectivity index (χ3n) is 2.08. The zero-order valence-corrected chi connectivity index (χ0v) is 9.32. The second-order valence-corrected chi connectivity index (χ2v) is 3.17. The van der Waals surface area contributed by atoms with E-state index in [1.165, 1.54) is 13.2 Å². The van der Waals surface area contributed by atoms with Crippen molar-refractivity contribution in [1.82, 2.24) is 5.32 Å². The van der Waals surface area contributed by atoms with Crippen molar-refractivity contribution >= 4 is 11.4 Å². The van der Waals surface area contributed by atoms with E-state index in [4.69, 9.17) is 4.74 Å². The topological polar surface area (TPSA) is 76.4 Å². The fourth-order valence-corrected chi connectivity index (χ4v) is 1.27. The highest BCUT2D eigenvalue weighted by Crippen LogP contribution is 2.29. The molecule has 0 aromatic heterocycles. The fourth-order valence-electron chi connectivity index (χ4n) is 1.27. The van der Waals surface area contributed by atoms with Gasteiger partial charge in [0.25, 0.3) is 0 Å². The van der Waals surface area contributed by atoms with Crippen LogP contribution in [0.5, 0.6) is 5.75 Å². The van der Waals surface area contributed by atoms with Gasteiger partial charge in [0, 0.05) is 30.9 Å². The molecule has 0 aliphatic heterocycles. The molecule has 6 heteroatoms. The molecule has 0 heterocycles. The first-order chi connectivity index (χ1) is 7.69. The average molecular weight is 225 g/mol. The van der Waals surface area contributed by atoms with Crippen LogP contribution in [0.1, 0.15) is 0 Å². The van der Waals surface area contributed by atoms with Gasteiger partial charge < -0.3 is 15.4 Å². The number of nitrogens with one attached hydrogen (secondary N) is 2. The third kappa shape index (κ3) is 3.09. The zero-order chi connectivity index (χ0) is 12.0. The molecular formula is C10H15N3O3. The summed E-state index contributed by atoms with van der Waals surface area (Å²) >= 11 is 0. The van der Waals surface area contributed by atoms with Crippen LogP contribution in [-0.4, -0.2) is 32.2 Å². The summed E-state index contributed by atoms with van der Waals surface area (Å²) in [4.78, 5) is 10.2. The predicted molar refractivity (Wildman–Crippen MR) is 62.1 cm³/mol. The number of nitrogens with zero attached hydrogens (tertiary/aromatic N) is 1. The molecule has 2 N–H and O–H groups in total. The first-order valence-corrected chi connectivity index (χ1v) is 4.90. The number of benzene rings is 1. The van der Waals surface area contributed by atoms with E-state index in [0.29, 0.717) is 0 Å². The zero-order valence-electron chi connectivity index (χ0n) is 9.32. The number of hydrogen-bond donors (Lipinski definition) is 2. The molecule has 1 aromatic carbocycles. The molecule has 0 unspecified atom stereocenters. The quantitative estimate of drug-likeness (QED) is 0.432. The van der Waals surface area contributed by atoms with E-state index in [2.05, 4.69) is 10.6 Å². The molecule has 1 aromatic rings. The lowest BCUT2D eigenvalue weighted by Gasteiger charge is -2.07. The van der Waals surface area contributed by atoms with Gasteiger partial charge in [0.2, 0.25) is 0 Å². The van der Waals surface area contributed by atoms with Crippen LogP contribution in [0.15, 0.2) is 18.2 Å². The van der Waals surface area contributed by atoms with Crippen LogP contribution in [0.4, 0.5) is 11.4 Å². The first-order valence-electron chi connectivity index (χ1n) is 4.90. The fraction of sp³-hybridized carbons (Fsp3) is 0.400. The van der Waals surface area contributed by atoms with Gasteiger partial charge in [0.05, 0.1) is 12.0 Å². The van der Waals surface area contributed by atoms with Gasteiger partial charge >= 0.3 is 5.69 Å². The van der Waals surface area contributed by atoms with E-state index in [1.807, 2.05) is 7.05 Å². The van der Waals surface area contributed by atoms with Crippen molar-refractivity contribution in [3.8, 4) is 5.75 Å². The Kier molecular flexibility index (Phi) is 4.53. The maximum atomic E-state index is 10.6. The van der Waals surface area contributed by atoms with Crippen molar-refractivity contribution in [2.24, 2.45) is 0 Å². The van der Waals surface area contributed by atoms with Crippen LogP contribution >= 0.6 is 0 Å². The average Bonchev–Trinajstić information content (AvgIpc) is 2.29. The second-order valence-electron chi connectivity index (χ2n) is 3.17. The maximum Gasteiger partial charge on any atom is 0.311 e. The van der Waals surface area contributed by atoms with Gasteiger partial charge in [-0.2, -0.15) is 0 Å². The Bertz CT molecular complexity index is 368. The summed E-state index contributed by atoms with van der Waals surface area (Å²) < 4.78 is 4.96. The van der Waals surface area contributed by atoms with E-state index in [0.717, 1.165) is 18.8 Å². The number of likely N-dealkylation sites (N-methyl/N-ethyl adjacent to an activating group) is 1. The molecular weight excluding hydrogens is 210 g/mol. The van der Waals surface area contributed by atoms with Crippen LogP contribution in [0.3, 0.4) is 0 Å². The number of ether oxygens (including phenoxy) is 1. The summed E-state index contributed by atoms with van der Waals surface area (Å²) in [5.41, 5.74) is 0.777. The minimum absolute atomic E-state index is 0.0262. The van der Waals surface area contributed by atoms with Crippen LogP contribution in [0.25, 0.3) is 0 Å². The van der Waals surface area contributed by atoms with Crippen molar-refractivity contribution in [3.05, 3.63) is 28.3 Å². The van der Waals surface area contributed by atoms with Crippen molar-refractivity contribution in [2.45, 2.75) is 0 Å². The minimum atomic E-state index is -0.462. The molecule has 0 aliphatic rings. The van der Waals surface area contributed by atoms with E-state index >= 15 is 0 Å². The third-order valence-corrected chi connectivity index (χ3v) is 2.08. The summed E-state index contributed by atoms with van der Waals surface area (Å²) in [6.07, 6.45) is 0. The standard InChI is InChI=1S/C10H15N3O3/c1-11-5-6-12-8-3-4-9(13(14)15)10(7-8)16-2/h3-4,7,11-12H,5-6H2,1-2H3. The number of rotatable bonds is 6. The van der Waals surface area contributed by atoms with Crippen molar-refractivity contribution in [1.29, 1.82) is 0 Å². The lowest BCUT2D eigenvalue weighted by atomic mass is 10.2. The molecule has 0 amide bonds. The lowest BCUT2D eigenvalue weighted by molar-refractivity contribution is -0.385. The molecule has 0 radical (unpaired) electrons. The lowest BCUT2D eigenvalue weighted by Crippen LogP contribution is -2.17. The Hall–Kier alpha value is -1.82. The number of nitro groups is 1. The van der Waals surface area contributed by atoms with Gasteiger partial charge in [0.1, 0.15) is 0 Å². The van der Waals surface area contributed by atoms with Crippen LogP contribution in [0, 0.1) is 10.1 Å². The Morgan fingerprint density at radius 1 is 1.44 bits per heavy atom. The van der Waals surface area contributed by atoms with Crippen molar-refractivity contribution in [3.63, 3.8) is 0 Å². The Morgan fingerprint density at radius 3 is 2.75 bits per heavy atom. The van der Waals surface area contributed by atoms with Gasteiger partial charge in [-0.15, -0.1) is 0 Å². The van der Waals surface area contributed by atoms with Crippen LogP contribution in [0.2, 0.25) is 0 Å². The number of methoxy groups -OCH3 is 1. The number of hydrogen-bond acceptors (Lipinski definition) is 5. The van der Waals surface area contributed by atoms with Gasteiger partial charge in [-0.1, -0.05) is 0 Å². The Balaban J connectivity index is 2.78. The molecule has 88 valence electrons. The largest absolute Gasteiger partial charge is 0.490 e. The smallest absolute Gasteiger partial charge is 0.311 e. The van der Waals surface area contributed by atoms with Crippen molar-refractivity contribution in [2.75, 3.05) is 32.6 Å². The number of anilines is 1. The van der Waals surface area contributed by atoms with Gasteiger partial charge in [-0.05, 0) is 13.1 Å². The van der Waals surface area contributed by atoms with Crippen molar-refractivity contribution < 1.29 is 9.66 Å². The van der Waals surface area contributed by atoms with Gasteiger partial charge in [-0.3, -0.25) is 10.1 Å². The molecule has 0 saturated carbocycles. The highest BCUT2D eigenvalue weighted by Gasteiger charge is 2.14. The van der Waals surface area contributed by atoms with Crippen LogP contribution < -0.4 is 15.4 Å². The second kappa shape index (κ2) is 5.92. The first kappa shape index (κ1) is 12.3. The SMILES string of the molecule is CNCCNc1ccc([N+](=O)[O-])c(OC)c1. The molecule has 0 fully saturated rings. The summed E-state index contributed by atoms with van der Waals surface area (Å²) in [6, 6.07) is 4.71. The molecule has 0 atom stereocenters. The highest BCUT2D eigenvalue weighted by molar-refractivity contribution is 5.57. The molecule has 0 saturated heterocycles. The minimum Gasteiger partial charge on any atom is -0.490 e. The summed E-state index contributed by atoms with van der Waals surface area (Å²) in [5.74, 6) is 0.263. The normalized spacial score (nSPS) is 9.88. The summed E-state index contributed by atoms with van der Waals surface area (Å²) in [5, 5.41) is 16.8. The van der Waals surface area contributed by atoms with Gasteiger partial charge in [0.15, 0.2) is 5.75 Å². The molecule has 1 rings (SSSR count). The monoisotopic (exact) mass is 225 g/mol. The highest BCUT2D eigenvalue weighted by atomic mass is 16.6. The molecule has 6 nitrogen and oxygen atoms in total. The molecule has 0 aliphatic carbocycles.